The quantitative estimate of drug-likeness (QED) is 0.642. The van der Waals surface area contributed by atoms with E-state index < -0.39 is 10.0 Å². The van der Waals surface area contributed by atoms with E-state index >= 15 is 0 Å². The molecule has 1 amide bonds. The van der Waals surface area contributed by atoms with Gasteiger partial charge < -0.3 is 15.0 Å². The predicted molar refractivity (Wildman–Crippen MR) is 106 cm³/mol. The van der Waals surface area contributed by atoms with Crippen LogP contribution in [0.5, 0.6) is 5.75 Å². The maximum atomic E-state index is 11.8. The number of fused-ring (bicyclic) bond motifs is 2. The fraction of sp³-hybridized carbons (Fsp3) is 0.211. The number of hydrogen-bond acceptors (Lipinski definition) is 4. The van der Waals surface area contributed by atoms with Crippen molar-refractivity contribution in [3.8, 4) is 17.0 Å². The number of anilines is 2. The Morgan fingerprint density at radius 1 is 1.15 bits per heavy atom. The second-order valence-electron chi connectivity index (χ2n) is 6.71. The lowest BCUT2D eigenvalue weighted by Gasteiger charge is -2.10. The highest BCUT2D eigenvalue weighted by Gasteiger charge is 2.27. The summed E-state index contributed by atoms with van der Waals surface area (Å²) in [4.78, 5) is 15.2. The van der Waals surface area contributed by atoms with Crippen molar-refractivity contribution in [1.82, 2.24) is 4.98 Å². The molecule has 1 aliphatic heterocycles. The van der Waals surface area contributed by atoms with Gasteiger partial charge in [0, 0.05) is 28.2 Å². The Labute approximate surface area is 156 Å². The van der Waals surface area contributed by atoms with Crippen molar-refractivity contribution in [2.24, 2.45) is 0 Å². The number of rotatable bonds is 4. The Kier molecular flexibility index (Phi) is 3.88. The maximum absolute atomic E-state index is 11.8. The number of sulfonamides is 1. The first-order valence-electron chi connectivity index (χ1n) is 8.39. The third-order valence-electron chi connectivity index (χ3n) is 4.70. The number of ether oxygens (including phenoxy) is 1. The molecule has 140 valence electrons. The van der Waals surface area contributed by atoms with Crippen LogP contribution in [0.15, 0.2) is 36.4 Å². The van der Waals surface area contributed by atoms with Crippen LogP contribution in [0.25, 0.3) is 22.2 Å². The van der Waals surface area contributed by atoms with Crippen LogP contribution in [0.1, 0.15) is 18.4 Å². The monoisotopic (exact) mass is 385 g/mol. The fourth-order valence-electron chi connectivity index (χ4n) is 3.38. The zero-order chi connectivity index (χ0) is 19.3. The van der Waals surface area contributed by atoms with Gasteiger partial charge in [0.15, 0.2) is 0 Å². The van der Waals surface area contributed by atoms with E-state index in [0.717, 1.165) is 39.7 Å². The Hall–Kier alpha value is -3.00. The number of benzene rings is 2. The molecular weight excluding hydrogens is 366 g/mol. The smallest absolute Gasteiger partial charge is 0.231 e. The number of hydrogen-bond donors (Lipinski definition) is 3. The molecule has 1 atom stereocenters. The highest BCUT2D eigenvalue weighted by atomic mass is 32.2. The van der Waals surface area contributed by atoms with Crippen LogP contribution >= 0.6 is 0 Å². The zero-order valence-corrected chi connectivity index (χ0v) is 15.9. The van der Waals surface area contributed by atoms with Crippen LogP contribution in [-0.2, 0) is 14.8 Å². The molecule has 2 aromatic carbocycles. The molecule has 4 rings (SSSR count). The van der Waals surface area contributed by atoms with Crippen molar-refractivity contribution in [1.29, 1.82) is 0 Å². The summed E-state index contributed by atoms with van der Waals surface area (Å²) in [6.07, 6.45) is 1.10. The lowest BCUT2D eigenvalue weighted by atomic mass is 10.0. The van der Waals surface area contributed by atoms with Crippen molar-refractivity contribution < 1.29 is 17.9 Å². The molecule has 0 aliphatic carbocycles. The minimum Gasteiger partial charge on any atom is -0.496 e. The third-order valence-corrected chi connectivity index (χ3v) is 5.31. The summed E-state index contributed by atoms with van der Waals surface area (Å²) in [7, 11) is -1.82. The average molecular weight is 385 g/mol. The number of H-pyrrole nitrogens is 1. The van der Waals surface area contributed by atoms with Crippen LogP contribution in [0, 0.1) is 0 Å². The van der Waals surface area contributed by atoms with Crippen LogP contribution in [0.4, 0.5) is 11.4 Å². The summed E-state index contributed by atoms with van der Waals surface area (Å²) in [5.74, 6) is 0.386. The highest BCUT2D eigenvalue weighted by molar-refractivity contribution is 7.92. The van der Waals surface area contributed by atoms with Crippen LogP contribution < -0.4 is 14.8 Å². The maximum Gasteiger partial charge on any atom is 0.231 e. The van der Waals surface area contributed by atoms with Crippen molar-refractivity contribution in [3.63, 3.8) is 0 Å². The number of nitrogens with one attached hydrogen (secondary N) is 3. The molecule has 1 aliphatic rings. The molecule has 8 heteroatoms. The van der Waals surface area contributed by atoms with E-state index in [4.69, 9.17) is 4.74 Å². The van der Waals surface area contributed by atoms with E-state index in [0.29, 0.717) is 11.4 Å². The van der Waals surface area contributed by atoms with Crippen LogP contribution in [0.3, 0.4) is 0 Å². The van der Waals surface area contributed by atoms with Gasteiger partial charge in [-0.2, -0.15) is 0 Å². The molecule has 0 radical (unpaired) electrons. The molecule has 0 saturated carbocycles. The number of methoxy groups -OCH3 is 1. The van der Waals surface area contributed by atoms with E-state index in [2.05, 4.69) is 15.0 Å². The van der Waals surface area contributed by atoms with E-state index in [-0.39, 0.29) is 11.8 Å². The Balaban J connectivity index is 1.77. The number of aromatic nitrogens is 1. The molecule has 1 aromatic heterocycles. The fourth-order valence-corrected chi connectivity index (χ4v) is 3.94. The van der Waals surface area contributed by atoms with Crippen molar-refractivity contribution in [2.45, 2.75) is 12.8 Å². The Morgan fingerprint density at radius 3 is 2.63 bits per heavy atom. The van der Waals surface area contributed by atoms with E-state index in [1.54, 1.807) is 18.2 Å². The first kappa shape index (κ1) is 17.4. The largest absolute Gasteiger partial charge is 0.496 e. The molecule has 2 heterocycles. The topological polar surface area (TPSA) is 100 Å². The molecule has 1 unspecified atom stereocenters. The summed E-state index contributed by atoms with van der Waals surface area (Å²) < 4.78 is 30.8. The van der Waals surface area contributed by atoms with Gasteiger partial charge in [-0.05, 0) is 42.8 Å². The minimum absolute atomic E-state index is 0.00788. The second kappa shape index (κ2) is 6.02. The lowest BCUT2D eigenvalue weighted by Crippen LogP contribution is -2.09. The van der Waals surface area contributed by atoms with Crippen LogP contribution in [0.2, 0.25) is 0 Å². The lowest BCUT2D eigenvalue weighted by molar-refractivity contribution is -0.116. The first-order chi connectivity index (χ1) is 12.7. The van der Waals surface area contributed by atoms with Gasteiger partial charge in [-0.25, -0.2) is 8.42 Å². The first-order valence-corrected chi connectivity index (χ1v) is 10.3. The van der Waals surface area contributed by atoms with Gasteiger partial charge >= 0.3 is 0 Å². The molecule has 0 fully saturated rings. The molecular formula is C19H19N3O4S. The molecule has 3 N–H and O–H groups in total. The van der Waals surface area contributed by atoms with E-state index in [1.165, 1.54) is 7.11 Å². The van der Waals surface area contributed by atoms with Gasteiger partial charge in [-0.1, -0.05) is 0 Å². The molecule has 0 spiro atoms. The van der Waals surface area contributed by atoms with Gasteiger partial charge in [0.05, 0.1) is 30.7 Å². The van der Waals surface area contributed by atoms with Gasteiger partial charge in [0.1, 0.15) is 5.75 Å². The Morgan fingerprint density at radius 2 is 1.93 bits per heavy atom. The number of aromatic amines is 1. The second-order valence-corrected chi connectivity index (χ2v) is 8.46. The summed E-state index contributed by atoms with van der Waals surface area (Å²) >= 11 is 0. The van der Waals surface area contributed by atoms with Crippen molar-refractivity contribution in [3.05, 3.63) is 42.0 Å². The summed E-state index contributed by atoms with van der Waals surface area (Å²) in [6.45, 7) is 1.89. The third kappa shape index (κ3) is 3.12. The number of amides is 1. The average Bonchev–Trinajstić information content (AvgIpc) is 3.12. The SMILES string of the molecule is COc1cc(NS(C)(=O)=O)ccc1-c1cc2cc3c(cc2[nH]1)NC(=O)C3C. The molecule has 0 bridgehead atoms. The number of carbonyl (C=O) groups is 1. The van der Waals surface area contributed by atoms with Gasteiger partial charge in [-0.3, -0.25) is 9.52 Å². The predicted octanol–water partition coefficient (Wildman–Crippen LogP) is 3.27. The normalized spacial score (nSPS) is 16.3. The molecule has 7 nitrogen and oxygen atoms in total. The number of carbonyl (C=O) groups excluding carboxylic acids is 1. The van der Waals surface area contributed by atoms with Crippen molar-refractivity contribution in [2.75, 3.05) is 23.4 Å². The van der Waals surface area contributed by atoms with Gasteiger partial charge in [0.2, 0.25) is 15.9 Å². The highest BCUT2D eigenvalue weighted by Crippen LogP contribution is 2.38. The van der Waals surface area contributed by atoms with Crippen molar-refractivity contribution >= 4 is 38.2 Å². The summed E-state index contributed by atoms with van der Waals surface area (Å²) in [5.41, 5.74) is 4.80. The van der Waals surface area contributed by atoms with Crippen LogP contribution in [-0.4, -0.2) is 32.7 Å². The standard InChI is InChI=1S/C19H19N3O4S/c1-10-14-6-11-7-16(20-15(11)9-17(14)21-19(10)23)13-5-4-12(8-18(13)26-2)22-27(3,24)25/h4-10,20,22H,1-3H3,(H,21,23). The molecule has 0 saturated heterocycles. The summed E-state index contributed by atoms with van der Waals surface area (Å²) in [5, 5.41) is 3.88. The van der Waals surface area contributed by atoms with E-state index in [1.807, 2.05) is 25.1 Å². The Bertz CT molecular complexity index is 1180. The van der Waals surface area contributed by atoms with Gasteiger partial charge in [0.25, 0.3) is 0 Å². The molecule has 3 aromatic rings. The zero-order valence-electron chi connectivity index (χ0n) is 15.1. The van der Waals surface area contributed by atoms with Gasteiger partial charge in [-0.15, -0.1) is 0 Å². The summed E-state index contributed by atoms with van der Waals surface area (Å²) in [6, 6.07) is 11.1. The minimum atomic E-state index is -3.36. The van der Waals surface area contributed by atoms with E-state index in [9.17, 15) is 13.2 Å². The molecule has 27 heavy (non-hydrogen) atoms.